The standard InChI is InChI=1S/C28H27F3/c1-3-4-19-6-8-21(9-7-19)24-16-14-23(17-26(24)29)20-10-12-22(13-11-20)25-15-5-18(2)27(30)28(25)31/h3-5,10-17,19,21H,6-9H2,1-2H3. The van der Waals surface area contributed by atoms with E-state index in [9.17, 15) is 13.2 Å². The minimum Gasteiger partial charge on any atom is -0.207 e. The van der Waals surface area contributed by atoms with Crippen molar-refractivity contribution < 1.29 is 13.2 Å². The van der Waals surface area contributed by atoms with Gasteiger partial charge in [0.2, 0.25) is 0 Å². The Hall–Kier alpha value is -2.81. The van der Waals surface area contributed by atoms with Gasteiger partial charge in [-0.1, -0.05) is 60.7 Å². The molecule has 1 aliphatic rings. The number of hydrogen-bond acceptors (Lipinski definition) is 0. The number of halogens is 3. The molecule has 3 aromatic rings. The molecule has 0 radical (unpaired) electrons. The molecule has 0 heterocycles. The van der Waals surface area contributed by atoms with Crippen molar-refractivity contribution in [1.82, 2.24) is 0 Å². The van der Waals surface area contributed by atoms with Crippen LogP contribution in [-0.4, -0.2) is 0 Å². The van der Waals surface area contributed by atoms with Crippen molar-refractivity contribution in [2.75, 3.05) is 0 Å². The molecular formula is C28H27F3. The van der Waals surface area contributed by atoms with Gasteiger partial charge in [-0.25, -0.2) is 13.2 Å². The molecule has 1 fully saturated rings. The molecule has 3 heteroatoms. The predicted molar refractivity (Wildman–Crippen MR) is 121 cm³/mol. The maximum Gasteiger partial charge on any atom is 0.166 e. The van der Waals surface area contributed by atoms with Gasteiger partial charge < -0.3 is 0 Å². The smallest absolute Gasteiger partial charge is 0.166 e. The molecule has 0 bridgehead atoms. The third-order valence-electron chi connectivity index (χ3n) is 6.48. The van der Waals surface area contributed by atoms with Crippen LogP contribution < -0.4 is 0 Å². The molecule has 0 N–H and O–H groups in total. The van der Waals surface area contributed by atoms with Crippen LogP contribution in [-0.2, 0) is 0 Å². The maximum atomic E-state index is 14.9. The van der Waals surface area contributed by atoms with Crippen molar-refractivity contribution in [3.05, 3.63) is 95.3 Å². The van der Waals surface area contributed by atoms with E-state index in [4.69, 9.17) is 0 Å². The highest BCUT2D eigenvalue weighted by molar-refractivity contribution is 5.71. The van der Waals surface area contributed by atoms with Crippen molar-refractivity contribution in [2.45, 2.75) is 45.4 Å². The van der Waals surface area contributed by atoms with Crippen molar-refractivity contribution in [3.63, 3.8) is 0 Å². The van der Waals surface area contributed by atoms with E-state index in [0.717, 1.165) is 42.4 Å². The monoisotopic (exact) mass is 420 g/mol. The summed E-state index contributed by atoms with van der Waals surface area (Å²) >= 11 is 0. The molecule has 0 saturated heterocycles. The molecule has 1 aliphatic carbocycles. The average molecular weight is 421 g/mol. The Morgan fingerprint density at radius 2 is 1.39 bits per heavy atom. The van der Waals surface area contributed by atoms with Crippen LogP contribution in [0.2, 0.25) is 0 Å². The summed E-state index contributed by atoms with van der Waals surface area (Å²) in [5.74, 6) is -0.930. The lowest BCUT2D eigenvalue weighted by Gasteiger charge is -2.27. The second-order valence-electron chi connectivity index (χ2n) is 8.51. The van der Waals surface area contributed by atoms with Gasteiger partial charge in [0.25, 0.3) is 0 Å². The van der Waals surface area contributed by atoms with Gasteiger partial charge >= 0.3 is 0 Å². The second kappa shape index (κ2) is 9.13. The van der Waals surface area contributed by atoms with E-state index < -0.39 is 11.6 Å². The van der Waals surface area contributed by atoms with Crippen LogP contribution in [0, 0.1) is 30.3 Å². The summed E-state index contributed by atoms with van der Waals surface area (Å²) in [5.41, 5.74) is 3.53. The number of allylic oxidation sites excluding steroid dienone is 2. The fourth-order valence-corrected chi connectivity index (χ4v) is 4.64. The molecule has 3 aromatic carbocycles. The zero-order valence-electron chi connectivity index (χ0n) is 18.0. The molecule has 0 amide bonds. The van der Waals surface area contributed by atoms with Crippen molar-refractivity contribution >= 4 is 0 Å². The number of benzene rings is 3. The van der Waals surface area contributed by atoms with Crippen LogP contribution in [0.4, 0.5) is 13.2 Å². The van der Waals surface area contributed by atoms with Gasteiger partial charge in [0.05, 0.1) is 0 Å². The number of aryl methyl sites for hydroxylation is 1. The summed E-state index contributed by atoms with van der Waals surface area (Å²) in [7, 11) is 0. The average Bonchev–Trinajstić information content (AvgIpc) is 2.79. The molecule has 4 rings (SSSR count). The predicted octanol–water partition coefficient (Wildman–Crippen LogP) is 8.60. The fourth-order valence-electron chi connectivity index (χ4n) is 4.64. The summed E-state index contributed by atoms with van der Waals surface area (Å²) < 4.78 is 43.1. The summed E-state index contributed by atoms with van der Waals surface area (Å²) in [6, 6.07) is 15.8. The molecule has 1 saturated carbocycles. The first-order chi connectivity index (χ1) is 15.0. The Morgan fingerprint density at radius 1 is 0.742 bits per heavy atom. The van der Waals surface area contributed by atoms with E-state index >= 15 is 0 Å². The Kier molecular flexibility index (Phi) is 6.31. The lowest BCUT2D eigenvalue weighted by atomic mass is 9.78. The fraction of sp³-hybridized carbons (Fsp3) is 0.286. The van der Waals surface area contributed by atoms with Crippen molar-refractivity contribution in [3.8, 4) is 22.3 Å². The van der Waals surface area contributed by atoms with E-state index in [1.165, 1.54) is 6.92 Å². The maximum absolute atomic E-state index is 14.9. The molecule has 0 unspecified atom stereocenters. The normalized spacial score (nSPS) is 19.1. The summed E-state index contributed by atoms with van der Waals surface area (Å²) in [4.78, 5) is 0. The van der Waals surface area contributed by atoms with Crippen LogP contribution in [0.25, 0.3) is 22.3 Å². The molecule has 0 atom stereocenters. The first-order valence-corrected chi connectivity index (χ1v) is 11.0. The molecule has 0 aromatic heterocycles. The van der Waals surface area contributed by atoms with Gasteiger partial charge in [0.15, 0.2) is 11.6 Å². The van der Waals surface area contributed by atoms with Gasteiger partial charge in [-0.15, -0.1) is 0 Å². The number of hydrogen-bond donors (Lipinski definition) is 0. The quantitative estimate of drug-likeness (QED) is 0.371. The molecule has 31 heavy (non-hydrogen) atoms. The lowest BCUT2D eigenvalue weighted by Crippen LogP contribution is -2.12. The van der Waals surface area contributed by atoms with E-state index in [-0.39, 0.29) is 22.9 Å². The highest BCUT2D eigenvalue weighted by Gasteiger charge is 2.23. The first-order valence-electron chi connectivity index (χ1n) is 11.0. The van der Waals surface area contributed by atoms with Gasteiger partial charge in [-0.3, -0.25) is 0 Å². The minimum absolute atomic E-state index is 0.164. The lowest BCUT2D eigenvalue weighted by molar-refractivity contribution is 0.368. The van der Waals surface area contributed by atoms with Crippen LogP contribution in [0.3, 0.4) is 0 Å². The van der Waals surface area contributed by atoms with Crippen LogP contribution in [0.1, 0.15) is 49.7 Å². The Morgan fingerprint density at radius 3 is 2.03 bits per heavy atom. The van der Waals surface area contributed by atoms with E-state index in [1.807, 2.05) is 31.2 Å². The second-order valence-corrected chi connectivity index (χ2v) is 8.51. The van der Waals surface area contributed by atoms with Gasteiger partial charge in [-0.05, 0) is 85.3 Å². The summed E-state index contributed by atoms with van der Waals surface area (Å²) in [6.45, 7) is 3.59. The van der Waals surface area contributed by atoms with Gasteiger partial charge in [0.1, 0.15) is 5.82 Å². The first kappa shape index (κ1) is 21.4. The van der Waals surface area contributed by atoms with E-state index in [2.05, 4.69) is 12.2 Å². The van der Waals surface area contributed by atoms with Crippen LogP contribution in [0.5, 0.6) is 0 Å². The van der Waals surface area contributed by atoms with Crippen LogP contribution >= 0.6 is 0 Å². The molecule has 0 aliphatic heterocycles. The van der Waals surface area contributed by atoms with Gasteiger partial charge in [-0.2, -0.15) is 0 Å². The topological polar surface area (TPSA) is 0 Å². The van der Waals surface area contributed by atoms with Gasteiger partial charge in [0, 0.05) is 5.56 Å². The van der Waals surface area contributed by atoms with E-state index in [1.54, 1.807) is 30.3 Å². The third-order valence-corrected chi connectivity index (χ3v) is 6.48. The highest BCUT2D eigenvalue weighted by atomic mass is 19.2. The van der Waals surface area contributed by atoms with Crippen molar-refractivity contribution in [1.29, 1.82) is 0 Å². The molecular weight excluding hydrogens is 393 g/mol. The highest BCUT2D eigenvalue weighted by Crippen LogP contribution is 2.38. The Balaban J connectivity index is 1.53. The van der Waals surface area contributed by atoms with Crippen LogP contribution in [0.15, 0.2) is 66.7 Å². The van der Waals surface area contributed by atoms with Crippen molar-refractivity contribution in [2.24, 2.45) is 5.92 Å². The molecule has 160 valence electrons. The Labute approximate surface area is 182 Å². The minimum atomic E-state index is -0.840. The number of rotatable bonds is 4. The van der Waals surface area contributed by atoms with E-state index in [0.29, 0.717) is 11.5 Å². The molecule has 0 spiro atoms. The zero-order chi connectivity index (χ0) is 22.0. The SMILES string of the molecule is CC=CC1CCC(c2ccc(-c3ccc(-c4ccc(C)c(F)c4F)cc3)cc2F)CC1. The summed E-state index contributed by atoms with van der Waals surface area (Å²) in [5, 5.41) is 0. The zero-order valence-corrected chi connectivity index (χ0v) is 18.0. The largest absolute Gasteiger partial charge is 0.207 e. The third kappa shape index (κ3) is 4.46. The molecule has 0 nitrogen and oxygen atoms in total. The Bertz CT molecular complexity index is 1090. The summed E-state index contributed by atoms with van der Waals surface area (Å²) in [6.07, 6.45) is 8.60.